The van der Waals surface area contributed by atoms with Gasteiger partial charge in [0.25, 0.3) is 0 Å². The molecule has 0 saturated heterocycles. The molecule has 3 heteroatoms. The topological polar surface area (TPSA) is 42.2 Å². The van der Waals surface area contributed by atoms with Gasteiger partial charge in [-0.2, -0.15) is 0 Å². The zero-order chi connectivity index (χ0) is 15.4. The molecule has 116 valence electrons. The first kappa shape index (κ1) is 14.9. The first-order chi connectivity index (χ1) is 10.8. The number of aryl methyl sites for hydroxylation is 2. The fourth-order valence-electron chi connectivity index (χ4n) is 3.61. The van der Waals surface area contributed by atoms with Crippen molar-refractivity contribution in [3.05, 3.63) is 59.4 Å². The normalized spacial score (nSPS) is 15.3. The Bertz CT molecular complexity index is 624. The second kappa shape index (κ2) is 6.82. The summed E-state index contributed by atoms with van der Waals surface area (Å²) in [6.45, 7) is 0.897. The van der Waals surface area contributed by atoms with Crippen LogP contribution in [0.25, 0.3) is 0 Å². The smallest absolute Gasteiger partial charge is 0.337 e. The SMILES string of the molecule is O=C(O)c1ccn(CCCc2ccccc2)c1C1CCCC1. The summed E-state index contributed by atoms with van der Waals surface area (Å²) in [5.41, 5.74) is 2.90. The summed E-state index contributed by atoms with van der Waals surface area (Å²) in [5, 5.41) is 9.43. The highest BCUT2D eigenvalue weighted by Gasteiger charge is 2.25. The molecular formula is C19H23NO2. The number of aromatic nitrogens is 1. The summed E-state index contributed by atoms with van der Waals surface area (Å²) in [7, 11) is 0. The Morgan fingerprint density at radius 2 is 1.86 bits per heavy atom. The highest BCUT2D eigenvalue weighted by atomic mass is 16.4. The molecule has 0 bridgehead atoms. The van der Waals surface area contributed by atoms with Crippen molar-refractivity contribution in [2.24, 2.45) is 0 Å². The van der Waals surface area contributed by atoms with Gasteiger partial charge in [0.15, 0.2) is 0 Å². The number of hydrogen-bond acceptors (Lipinski definition) is 1. The van der Waals surface area contributed by atoms with E-state index in [1.807, 2.05) is 12.3 Å². The van der Waals surface area contributed by atoms with Gasteiger partial charge in [-0.05, 0) is 37.3 Å². The van der Waals surface area contributed by atoms with Gasteiger partial charge in [0.1, 0.15) is 0 Å². The maximum absolute atomic E-state index is 11.5. The Morgan fingerprint density at radius 3 is 2.55 bits per heavy atom. The van der Waals surface area contributed by atoms with Gasteiger partial charge in [-0.25, -0.2) is 4.79 Å². The van der Waals surface area contributed by atoms with Crippen LogP contribution in [-0.4, -0.2) is 15.6 Å². The Kier molecular flexibility index (Phi) is 4.62. The quantitative estimate of drug-likeness (QED) is 0.854. The van der Waals surface area contributed by atoms with E-state index >= 15 is 0 Å². The Hall–Kier alpha value is -2.03. The minimum atomic E-state index is -0.788. The molecule has 0 atom stereocenters. The lowest BCUT2D eigenvalue weighted by Gasteiger charge is -2.16. The number of carboxylic acid groups (broad SMARTS) is 1. The van der Waals surface area contributed by atoms with E-state index in [2.05, 4.69) is 28.8 Å². The first-order valence-corrected chi connectivity index (χ1v) is 8.22. The molecule has 3 nitrogen and oxygen atoms in total. The van der Waals surface area contributed by atoms with Crippen LogP contribution in [0.4, 0.5) is 0 Å². The van der Waals surface area contributed by atoms with Gasteiger partial charge in [-0.1, -0.05) is 43.2 Å². The van der Waals surface area contributed by atoms with E-state index in [9.17, 15) is 9.90 Å². The van der Waals surface area contributed by atoms with Crippen LogP contribution in [0.2, 0.25) is 0 Å². The monoisotopic (exact) mass is 297 g/mol. The zero-order valence-electron chi connectivity index (χ0n) is 12.9. The lowest BCUT2D eigenvalue weighted by Crippen LogP contribution is -2.11. The third kappa shape index (κ3) is 3.24. The van der Waals surface area contributed by atoms with Crippen molar-refractivity contribution < 1.29 is 9.90 Å². The molecule has 1 aliphatic rings. The third-order valence-corrected chi connectivity index (χ3v) is 4.69. The lowest BCUT2D eigenvalue weighted by molar-refractivity contribution is 0.0695. The highest BCUT2D eigenvalue weighted by molar-refractivity contribution is 5.89. The van der Waals surface area contributed by atoms with Gasteiger partial charge >= 0.3 is 5.97 Å². The van der Waals surface area contributed by atoms with Crippen LogP contribution in [-0.2, 0) is 13.0 Å². The van der Waals surface area contributed by atoms with Crippen molar-refractivity contribution in [1.82, 2.24) is 4.57 Å². The molecule has 0 radical (unpaired) electrons. The van der Waals surface area contributed by atoms with Gasteiger partial charge in [-0.15, -0.1) is 0 Å². The molecule has 1 aromatic carbocycles. The molecule has 0 amide bonds. The Balaban J connectivity index is 1.71. The van der Waals surface area contributed by atoms with Crippen molar-refractivity contribution in [2.75, 3.05) is 0 Å². The number of hydrogen-bond donors (Lipinski definition) is 1. The molecule has 1 aromatic heterocycles. The Labute approximate surface area is 131 Å². The fraction of sp³-hybridized carbons (Fsp3) is 0.421. The maximum atomic E-state index is 11.5. The van der Waals surface area contributed by atoms with Crippen LogP contribution < -0.4 is 0 Å². The molecule has 1 aliphatic carbocycles. The van der Waals surface area contributed by atoms with Crippen LogP contribution in [0, 0.1) is 0 Å². The average molecular weight is 297 g/mol. The number of rotatable bonds is 6. The summed E-state index contributed by atoms with van der Waals surface area (Å²) in [6, 6.07) is 12.2. The van der Waals surface area contributed by atoms with Gasteiger partial charge < -0.3 is 9.67 Å². The average Bonchev–Trinajstić information content (AvgIpc) is 3.17. The summed E-state index contributed by atoms with van der Waals surface area (Å²) in [6.07, 6.45) is 8.73. The van der Waals surface area contributed by atoms with Crippen molar-refractivity contribution in [1.29, 1.82) is 0 Å². The van der Waals surface area contributed by atoms with Gasteiger partial charge in [0.05, 0.1) is 5.56 Å². The third-order valence-electron chi connectivity index (χ3n) is 4.69. The molecule has 0 aliphatic heterocycles. The zero-order valence-corrected chi connectivity index (χ0v) is 12.9. The fourth-order valence-corrected chi connectivity index (χ4v) is 3.61. The largest absolute Gasteiger partial charge is 0.478 e. The second-order valence-electron chi connectivity index (χ2n) is 6.18. The second-order valence-corrected chi connectivity index (χ2v) is 6.18. The number of aromatic carboxylic acids is 1. The van der Waals surface area contributed by atoms with Crippen LogP contribution in [0.5, 0.6) is 0 Å². The van der Waals surface area contributed by atoms with E-state index in [-0.39, 0.29) is 0 Å². The number of benzene rings is 1. The first-order valence-electron chi connectivity index (χ1n) is 8.22. The molecule has 22 heavy (non-hydrogen) atoms. The van der Waals surface area contributed by atoms with Crippen molar-refractivity contribution in [3.8, 4) is 0 Å². The molecule has 1 N–H and O–H groups in total. The van der Waals surface area contributed by atoms with Gasteiger partial charge in [0.2, 0.25) is 0 Å². The maximum Gasteiger partial charge on any atom is 0.337 e. The minimum absolute atomic E-state index is 0.429. The summed E-state index contributed by atoms with van der Waals surface area (Å²) in [4.78, 5) is 11.5. The highest BCUT2D eigenvalue weighted by Crippen LogP contribution is 2.36. The molecule has 1 saturated carbocycles. The van der Waals surface area contributed by atoms with E-state index in [1.165, 1.54) is 18.4 Å². The number of nitrogens with zero attached hydrogens (tertiary/aromatic N) is 1. The van der Waals surface area contributed by atoms with Crippen LogP contribution in [0.15, 0.2) is 42.6 Å². The summed E-state index contributed by atoms with van der Waals surface area (Å²) >= 11 is 0. The van der Waals surface area contributed by atoms with Crippen LogP contribution >= 0.6 is 0 Å². The van der Waals surface area contributed by atoms with Crippen LogP contribution in [0.1, 0.15) is 59.6 Å². The van der Waals surface area contributed by atoms with Crippen molar-refractivity contribution >= 4 is 5.97 Å². The minimum Gasteiger partial charge on any atom is -0.478 e. The van der Waals surface area contributed by atoms with E-state index < -0.39 is 5.97 Å². The van der Waals surface area contributed by atoms with E-state index in [0.717, 1.165) is 37.9 Å². The standard InChI is InChI=1S/C19H23NO2/c21-19(22)17-12-14-20(18(17)16-10-4-5-11-16)13-6-9-15-7-2-1-3-8-15/h1-3,7-8,12,14,16H,4-6,9-11,13H2,(H,21,22). The van der Waals surface area contributed by atoms with E-state index in [4.69, 9.17) is 0 Å². The molecule has 3 rings (SSSR count). The molecule has 2 aromatic rings. The van der Waals surface area contributed by atoms with E-state index in [0.29, 0.717) is 11.5 Å². The van der Waals surface area contributed by atoms with Crippen molar-refractivity contribution in [3.63, 3.8) is 0 Å². The summed E-state index contributed by atoms with van der Waals surface area (Å²) < 4.78 is 2.18. The predicted molar refractivity (Wildman–Crippen MR) is 87.4 cm³/mol. The van der Waals surface area contributed by atoms with Crippen LogP contribution in [0.3, 0.4) is 0 Å². The molecule has 0 spiro atoms. The molecule has 1 fully saturated rings. The Morgan fingerprint density at radius 1 is 1.14 bits per heavy atom. The summed E-state index contributed by atoms with van der Waals surface area (Å²) in [5.74, 6) is -0.360. The molecular weight excluding hydrogens is 274 g/mol. The number of carboxylic acids is 1. The van der Waals surface area contributed by atoms with Gasteiger partial charge in [-0.3, -0.25) is 0 Å². The van der Waals surface area contributed by atoms with E-state index in [1.54, 1.807) is 6.07 Å². The number of carbonyl (C=O) groups is 1. The van der Waals surface area contributed by atoms with Gasteiger partial charge in [0, 0.05) is 24.4 Å². The molecule has 1 heterocycles. The lowest BCUT2D eigenvalue weighted by atomic mass is 10.00. The molecule has 0 unspecified atom stereocenters. The predicted octanol–water partition coefficient (Wildman–Crippen LogP) is 4.48. The van der Waals surface area contributed by atoms with Crippen molar-refractivity contribution in [2.45, 2.75) is 51.0 Å².